The van der Waals surface area contributed by atoms with Gasteiger partial charge in [0.05, 0.1) is 11.4 Å². The molecule has 0 radical (unpaired) electrons. The van der Waals surface area contributed by atoms with E-state index in [1.807, 2.05) is 0 Å². The SMILES string of the molecule is Cc1nnc(CN2CCN(S(=O)(=O)c3ccc(F)cc3)CC2)o1. The highest BCUT2D eigenvalue weighted by Gasteiger charge is 2.28. The quantitative estimate of drug-likeness (QED) is 0.827. The van der Waals surface area contributed by atoms with Gasteiger partial charge in [-0.3, -0.25) is 4.90 Å². The first-order valence-corrected chi connectivity index (χ1v) is 8.66. The second-order valence-corrected chi connectivity index (χ2v) is 7.29. The van der Waals surface area contributed by atoms with Crippen LogP contribution < -0.4 is 0 Å². The van der Waals surface area contributed by atoms with Gasteiger partial charge in [-0.15, -0.1) is 10.2 Å². The van der Waals surface area contributed by atoms with Crippen molar-refractivity contribution >= 4 is 10.0 Å². The molecule has 1 aliphatic heterocycles. The second kappa shape index (κ2) is 6.34. The molecule has 0 N–H and O–H groups in total. The summed E-state index contributed by atoms with van der Waals surface area (Å²) in [7, 11) is -3.58. The molecule has 1 aliphatic rings. The maximum atomic E-state index is 12.9. The summed E-state index contributed by atoms with van der Waals surface area (Å²) < 4.78 is 44.7. The molecule has 0 aliphatic carbocycles. The minimum absolute atomic E-state index is 0.111. The smallest absolute Gasteiger partial charge is 0.243 e. The molecule has 1 fully saturated rings. The van der Waals surface area contributed by atoms with Crippen LogP contribution in [0.15, 0.2) is 33.6 Å². The first kappa shape index (κ1) is 16.0. The van der Waals surface area contributed by atoms with Crippen LogP contribution in [0.25, 0.3) is 0 Å². The fraction of sp³-hybridized carbons (Fsp3) is 0.429. The molecule has 1 saturated heterocycles. The third-order valence-electron chi connectivity index (χ3n) is 3.71. The zero-order valence-electron chi connectivity index (χ0n) is 12.6. The van der Waals surface area contributed by atoms with Gasteiger partial charge in [0.15, 0.2) is 0 Å². The van der Waals surface area contributed by atoms with Crippen LogP contribution in [-0.4, -0.2) is 54.0 Å². The molecule has 0 amide bonds. The van der Waals surface area contributed by atoms with Crippen LogP contribution in [0, 0.1) is 12.7 Å². The third kappa shape index (κ3) is 3.57. The van der Waals surface area contributed by atoms with Crippen LogP contribution in [0.1, 0.15) is 11.8 Å². The Morgan fingerprint density at radius 1 is 1.13 bits per heavy atom. The van der Waals surface area contributed by atoms with Gasteiger partial charge >= 0.3 is 0 Å². The van der Waals surface area contributed by atoms with E-state index in [0.717, 1.165) is 12.1 Å². The Hall–Kier alpha value is -1.84. The van der Waals surface area contributed by atoms with E-state index in [0.29, 0.717) is 44.5 Å². The predicted molar refractivity (Wildman–Crippen MR) is 79.5 cm³/mol. The molecule has 0 spiro atoms. The Labute approximate surface area is 133 Å². The standard InChI is InChI=1S/C14H17FN4O3S/c1-11-16-17-14(22-11)10-18-6-8-19(9-7-18)23(20,21)13-4-2-12(15)3-5-13/h2-5H,6-10H2,1H3. The summed E-state index contributed by atoms with van der Waals surface area (Å²) >= 11 is 0. The largest absolute Gasteiger partial charge is 0.424 e. The van der Waals surface area contributed by atoms with Gasteiger partial charge in [-0.1, -0.05) is 0 Å². The Balaban J connectivity index is 1.62. The molecule has 124 valence electrons. The summed E-state index contributed by atoms with van der Waals surface area (Å²) in [6, 6.07) is 4.89. The normalized spacial score (nSPS) is 17.5. The fourth-order valence-electron chi connectivity index (χ4n) is 2.48. The molecule has 0 unspecified atom stereocenters. The highest BCUT2D eigenvalue weighted by molar-refractivity contribution is 7.89. The van der Waals surface area contributed by atoms with Crippen molar-refractivity contribution in [2.45, 2.75) is 18.4 Å². The third-order valence-corrected chi connectivity index (χ3v) is 5.62. The lowest BCUT2D eigenvalue weighted by atomic mass is 10.3. The second-order valence-electron chi connectivity index (χ2n) is 5.35. The average Bonchev–Trinajstić information content (AvgIpc) is 2.93. The maximum absolute atomic E-state index is 12.9. The van der Waals surface area contributed by atoms with Gasteiger partial charge in [0.1, 0.15) is 5.82 Å². The Bertz CT molecular complexity index is 768. The van der Waals surface area contributed by atoms with Gasteiger partial charge in [0.2, 0.25) is 21.8 Å². The maximum Gasteiger partial charge on any atom is 0.243 e. The van der Waals surface area contributed by atoms with E-state index in [1.165, 1.54) is 16.4 Å². The number of aromatic nitrogens is 2. The monoisotopic (exact) mass is 340 g/mol. The first-order chi connectivity index (χ1) is 10.9. The van der Waals surface area contributed by atoms with Crippen molar-refractivity contribution in [1.29, 1.82) is 0 Å². The first-order valence-electron chi connectivity index (χ1n) is 7.22. The van der Waals surface area contributed by atoms with E-state index in [2.05, 4.69) is 15.1 Å². The van der Waals surface area contributed by atoms with Crippen LogP contribution in [-0.2, 0) is 16.6 Å². The highest BCUT2D eigenvalue weighted by atomic mass is 32.2. The lowest BCUT2D eigenvalue weighted by molar-refractivity contribution is 0.167. The lowest BCUT2D eigenvalue weighted by Gasteiger charge is -2.33. The highest BCUT2D eigenvalue weighted by Crippen LogP contribution is 2.18. The Kier molecular flexibility index (Phi) is 4.42. The minimum atomic E-state index is -3.58. The molecule has 0 atom stereocenters. The Morgan fingerprint density at radius 2 is 1.78 bits per heavy atom. The van der Waals surface area contributed by atoms with Crippen LogP contribution in [0.3, 0.4) is 0 Å². The zero-order valence-corrected chi connectivity index (χ0v) is 13.5. The number of benzene rings is 1. The Morgan fingerprint density at radius 3 is 2.35 bits per heavy atom. The number of hydrogen-bond donors (Lipinski definition) is 0. The van der Waals surface area contributed by atoms with E-state index in [9.17, 15) is 12.8 Å². The summed E-state index contributed by atoms with van der Waals surface area (Å²) in [6.45, 7) is 4.11. The number of piperazine rings is 1. The van der Waals surface area contributed by atoms with Crippen LogP contribution in [0.4, 0.5) is 4.39 Å². The van der Waals surface area contributed by atoms with Gasteiger partial charge in [-0.2, -0.15) is 4.31 Å². The molecule has 3 rings (SSSR count). The van der Waals surface area contributed by atoms with Gasteiger partial charge in [-0.25, -0.2) is 12.8 Å². The van der Waals surface area contributed by atoms with Crippen LogP contribution in [0.2, 0.25) is 0 Å². The van der Waals surface area contributed by atoms with Gasteiger partial charge in [0, 0.05) is 33.1 Å². The number of nitrogens with zero attached hydrogens (tertiary/aromatic N) is 4. The van der Waals surface area contributed by atoms with Crippen molar-refractivity contribution in [3.63, 3.8) is 0 Å². The number of sulfonamides is 1. The molecular formula is C14H17FN4O3S. The molecule has 1 aromatic carbocycles. The molecular weight excluding hydrogens is 323 g/mol. The van der Waals surface area contributed by atoms with E-state index < -0.39 is 15.8 Å². The predicted octanol–water partition coefficient (Wildman–Crippen LogP) is 1.02. The van der Waals surface area contributed by atoms with Crippen molar-refractivity contribution in [3.8, 4) is 0 Å². The fourth-order valence-corrected chi connectivity index (χ4v) is 3.90. The van der Waals surface area contributed by atoms with Crippen molar-refractivity contribution < 1.29 is 17.2 Å². The molecule has 2 aromatic rings. The molecule has 2 heterocycles. The lowest BCUT2D eigenvalue weighted by Crippen LogP contribution is -2.48. The van der Waals surface area contributed by atoms with Crippen molar-refractivity contribution in [1.82, 2.24) is 19.4 Å². The molecule has 23 heavy (non-hydrogen) atoms. The molecule has 0 saturated carbocycles. The van der Waals surface area contributed by atoms with Crippen molar-refractivity contribution in [2.24, 2.45) is 0 Å². The summed E-state index contributed by atoms with van der Waals surface area (Å²) in [5, 5.41) is 7.71. The number of halogens is 1. The summed E-state index contributed by atoms with van der Waals surface area (Å²) in [5.74, 6) is 0.582. The molecule has 9 heteroatoms. The van der Waals surface area contributed by atoms with E-state index >= 15 is 0 Å². The van der Waals surface area contributed by atoms with Crippen LogP contribution >= 0.6 is 0 Å². The topological polar surface area (TPSA) is 79.5 Å². The van der Waals surface area contributed by atoms with Crippen LogP contribution in [0.5, 0.6) is 0 Å². The summed E-state index contributed by atoms with van der Waals surface area (Å²) in [6.07, 6.45) is 0. The van der Waals surface area contributed by atoms with Gasteiger partial charge in [-0.05, 0) is 24.3 Å². The number of rotatable bonds is 4. The summed E-state index contributed by atoms with van der Waals surface area (Å²) in [4.78, 5) is 2.17. The molecule has 1 aromatic heterocycles. The van der Waals surface area contributed by atoms with Gasteiger partial charge < -0.3 is 4.42 Å². The minimum Gasteiger partial charge on any atom is -0.424 e. The van der Waals surface area contributed by atoms with E-state index in [1.54, 1.807) is 6.92 Å². The molecule has 0 bridgehead atoms. The van der Waals surface area contributed by atoms with Gasteiger partial charge in [0.25, 0.3) is 0 Å². The number of hydrogen-bond acceptors (Lipinski definition) is 6. The van der Waals surface area contributed by atoms with Crippen molar-refractivity contribution in [2.75, 3.05) is 26.2 Å². The molecule has 7 nitrogen and oxygen atoms in total. The zero-order chi connectivity index (χ0) is 16.4. The van der Waals surface area contributed by atoms with E-state index in [-0.39, 0.29) is 4.90 Å². The number of aryl methyl sites for hydroxylation is 1. The average molecular weight is 340 g/mol. The van der Waals surface area contributed by atoms with E-state index in [4.69, 9.17) is 4.42 Å². The summed E-state index contributed by atoms with van der Waals surface area (Å²) in [5.41, 5.74) is 0. The van der Waals surface area contributed by atoms with Crippen molar-refractivity contribution in [3.05, 3.63) is 41.9 Å².